The van der Waals surface area contributed by atoms with E-state index in [-0.39, 0.29) is 36.9 Å². The van der Waals surface area contributed by atoms with Crippen LogP contribution in [0.3, 0.4) is 0 Å². The number of rotatable bonds is 9. The number of carboxylic acid groups (broad SMARTS) is 1. The first-order chi connectivity index (χ1) is 16.5. The number of fused-ring (bicyclic) bond motifs is 1. The van der Waals surface area contributed by atoms with E-state index in [1.54, 1.807) is 36.4 Å². The topological polar surface area (TPSA) is 94.5 Å². The lowest BCUT2D eigenvalue weighted by Crippen LogP contribution is -2.34. The fourth-order valence-electron chi connectivity index (χ4n) is 3.54. The van der Waals surface area contributed by atoms with Gasteiger partial charge in [0.1, 0.15) is 11.4 Å². The fraction of sp³-hybridized carbons (Fsp3) is 0.200. The number of amides is 1. The summed E-state index contributed by atoms with van der Waals surface area (Å²) < 4.78 is 35.9. The molecule has 0 saturated heterocycles. The minimum absolute atomic E-state index is 0.0129. The predicted octanol–water partition coefficient (Wildman–Crippen LogP) is 3.87. The van der Waals surface area contributed by atoms with Gasteiger partial charge in [-0.2, -0.15) is 0 Å². The van der Waals surface area contributed by atoms with E-state index in [1.807, 2.05) is 0 Å². The van der Waals surface area contributed by atoms with Gasteiger partial charge < -0.3 is 29.0 Å². The van der Waals surface area contributed by atoms with Crippen molar-refractivity contribution in [2.45, 2.75) is 13.1 Å². The summed E-state index contributed by atoms with van der Waals surface area (Å²) in [6.45, 7) is -0.221. The Bertz CT molecular complexity index is 1210. The quantitative estimate of drug-likeness (QED) is 0.511. The van der Waals surface area contributed by atoms with Gasteiger partial charge in [0.05, 0.1) is 7.11 Å². The Kier molecular flexibility index (Phi) is 6.82. The van der Waals surface area contributed by atoms with E-state index >= 15 is 0 Å². The molecule has 176 valence electrons. The Morgan fingerprint density at radius 1 is 1.03 bits per heavy atom. The Hall–Kier alpha value is -4.27. The molecule has 4 rings (SSSR count). The number of carboxylic acids is 1. The van der Waals surface area contributed by atoms with Crippen LogP contribution in [0.15, 0.2) is 60.7 Å². The highest BCUT2D eigenvalue weighted by Gasteiger charge is 2.22. The number of hydrogen-bond acceptors (Lipinski definition) is 6. The van der Waals surface area contributed by atoms with Gasteiger partial charge in [-0.15, -0.1) is 0 Å². The average Bonchev–Trinajstić information content (AvgIpc) is 3.31. The van der Waals surface area contributed by atoms with Crippen molar-refractivity contribution in [1.29, 1.82) is 0 Å². The van der Waals surface area contributed by atoms with Gasteiger partial charge in [-0.05, 0) is 35.9 Å². The maximum absolute atomic E-state index is 14.3. The highest BCUT2D eigenvalue weighted by atomic mass is 19.1. The molecule has 1 amide bonds. The number of benzene rings is 3. The third kappa shape index (κ3) is 5.03. The molecule has 1 aliphatic heterocycles. The third-order valence-electron chi connectivity index (χ3n) is 5.25. The first kappa shape index (κ1) is 22.9. The molecule has 0 radical (unpaired) electrons. The molecule has 0 atom stereocenters. The third-order valence-corrected chi connectivity index (χ3v) is 5.25. The standard InChI is InChI=1S/C25H22FNO7/c1-31-21-8-4-6-18(25(29)30)24(21)32-14-23(28)27(13-17-5-2-3-7-19(17)26)12-16-9-10-20-22(11-16)34-15-33-20/h2-11H,12-15H2,1H3,(H,29,30). The van der Waals surface area contributed by atoms with Crippen molar-refractivity contribution < 1.29 is 38.0 Å². The highest BCUT2D eigenvalue weighted by Crippen LogP contribution is 2.33. The summed E-state index contributed by atoms with van der Waals surface area (Å²) in [5, 5.41) is 9.46. The number of nitrogens with zero attached hydrogens (tertiary/aromatic N) is 1. The monoisotopic (exact) mass is 467 g/mol. The second-order valence-corrected chi connectivity index (χ2v) is 7.46. The van der Waals surface area contributed by atoms with Crippen molar-refractivity contribution in [3.8, 4) is 23.0 Å². The van der Waals surface area contributed by atoms with Crippen LogP contribution in [-0.4, -0.2) is 42.4 Å². The number of halogens is 1. The summed E-state index contributed by atoms with van der Waals surface area (Å²) in [5.74, 6) is -0.828. The van der Waals surface area contributed by atoms with Crippen molar-refractivity contribution >= 4 is 11.9 Å². The molecular formula is C25H22FNO7. The lowest BCUT2D eigenvalue weighted by molar-refractivity contribution is -0.134. The van der Waals surface area contributed by atoms with Crippen molar-refractivity contribution in [2.75, 3.05) is 20.5 Å². The normalized spacial score (nSPS) is 11.7. The Labute approximate surface area is 195 Å². The zero-order valence-electron chi connectivity index (χ0n) is 18.3. The van der Waals surface area contributed by atoms with Gasteiger partial charge in [0.15, 0.2) is 29.6 Å². The number of carbonyl (C=O) groups excluding carboxylic acids is 1. The molecule has 3 aromatic carbocycles. The number of ether oxygens (including phenoxy) is 4. The molecular weight excluding hydrogens is 445 g/mol. The Morgan fingerprint density at radius 2 is 1.82 bits per heavy atom. The van der Waals surface area contributed by atoms with E-state index in [1.165, 1.54) is 36.3 Å². The van der Waals surface area contributed by atoms with E-state index in [0.717, 1.165) is 5.56 Å². The van der Waals surface area contributed by atoms with Crippen LogP contribution in [-0.2, 0) is 17.9 Å². The SMILES string of the molecule is COc1cccc(C(=O)O)c1OCC(=O)N(Cc1ccc2c(c1)OCO2)Cc1ccccc1F. The first-order valence-corrected chi connectivity index (χ1v) is 10.4. The van der Waals surface area contributed by atoms with E-state index in [4.69, 9.17) is 18.9 Å². The zero-order valence-corrected chi connectivity index (χ0v) is 18.3. The van der Waals surface area contributed by atoms with E-state index in [0.29, 0.717) is 17.1 Å². The molecule has 0 aliphatic carbocycles. The van der Waals surface area contributed by atoms with E-state index < -0.39 is 24.3 Å². The van der Waals surface area contributed by atoms with Gasteiger partial charge in [-0.3, -0.25) is 4.79 Å². The molecule has 1 N–H and O–H groups in total. The van der Waals surface area contributed by atoms with Crippen LogP contribution in [0.1, 0.15) is 21.5 Å². The van der Waals surface area contributed by atoms with Crippen LogP contribution < -0.4 is 18.9 Å². The lowest BCUT2D eigenvalue weighted by atomic mass is 10.1. The number of para-hydroxylation sites is 1. The van der Waals surface area contributed by atoms with Crippen molar-refractivity contribution in [3.05, 3.63) is 83.2 Å². The maximum Gasteiger partial charge on any atom is 0.339 e. The number of aromatic carboxylic acids is 1. The van der Waals surface area contributed by atoms with Gasteiger partial charge in [-0.1, -0.05) is 30.3 Å². The summed E-state index contributed by atoms with van der Waals surface area (Å²) in [4.78, 5) is 26.2. The number of methoxy groups -OCH3 is 1. The largest absolute Gasteiger partial charge is 0.493 e. The van der Waals surface area contributed by atoms with Gasteiger partial charge in [0.25, 0.3) is 5.91 Å². The van der Waals surface area contributed by atoms with Gasteiger partial charge in [-0.25, -0.2) is 9.18 Å². The second kappa shape index (κ2) is 10.1. The summed E-state index contributed by atoms with van der Waals surface area (Å²) in [6, 6.07) is 15.9. The Balaban J connectivity index is 1.57. The van der Waals surface area contributed by atoms with Crippen molar-refractivity contribution in [1.82, 2.24) is 4.90 Å². The maximum atomic E-state index is 14.3. The molecule has 0 spiro atoms. The summed E-state index contributed by atoms with van der Waals surface area (Å²) in [5.41, 5.74) is 0.946. The van der Waals surface area contributed by atoms with Gasteiger partial charge >= 0.3 is 5.97 Å². The van der Waals surface area contributed by atoms with Crippen molar-refractivity contribution in [3.63, 3.8) is 0 Å². The molecule has 1 heterocycles. The summed E-state index contributed by atoms with van der Waals surface area (Å²) in [7, 11) is 1.37. The van der Waals surface area contributed by atoms with Crippen LogP contribution in [0.5, 0.6) is 23.0 Å². The molecule has 0 saturated carbocycles. The van der Waals surface area contributed by atoms with E-state index in [9.17, 15) is 19.1 Å². The molecule has 1 aliphatic rings. The predicted molar refractivity (Wildman–Crippen MR) is 119 cm³/mol. The van der Waals surface area contributed by atoms with Crippen molar-refractivity contribution in [2.24, 2.45) is 0 Å². The second-order valence-electron chi connectivity index (χ2n) is 7.46. The minimum Gasteiger partial charge on any atom is -0.493 e. The molecule has 34 heavy (non-hydrogen) atoms. The Morgan fingerprint density at radius 3 is 2.59 bits per heavy atom. The minimum atomic E-state index is -1.22. The first-order valence-electron chi connectivity index (χ1n) is 10.4. The summed E-state index contributed by atoms with van der Waals surface area (Å²) >= 11 is 0. The number of hydrogen-bond donors (Lipinski definition) is 1. The van der Waals surface area contributed by atoms with Crippen LogP contribution in [0.2, 0.25) is 0 Å². The van der Waals surface area contributed by atoms with Crippen LogP contribution in [0.25, 0.3) is 0 Å². The summed E-state index contributed by atoms with van der Waals surface area (Å²) in [6.07, 6.45) is 0. The number of carbonyl (C=O) groups is 2. The van der Waals surface area contributed by atoms with Crippen LogP contribution >= 0.6 is 0 Å². The smallest absolute Gasteiger partial charge is 0.339 e. The van der Waals surface area contributed by atoms with E-state index in [2.05, 4.69) is 0 Å². The fourth-order valence-corrected chi connectivity index (χ4v) is 3.54. The lowest BCUT2D eigenvalue weighted by Gasteiger charge is -2.24. The highest BCUT2D eigenvalue weighted by molar-refractivity contribution is 5.92. The molecule has 9 heteroatoms. The zero-order chi connectivity index (χ0) is 24.1. The molecule has 0 bridgehead atoms. The molecule has 0 aromatic heterocycles. The molecule has 3 aromatic rings. The molecule has 0 unspecified atom stereocenters. The van der Waals surface area contributed by atoms with Crippen LogP contribution in [0, 0.1) is 5.82 Å². The van der Waals surface area contributed by atoms with Crippen LogP contribution in [0.4, 0.5) is 4.39 Å². The van der Waals surface area contributed by atoms with Gasteiger partial charge in [0, 0.05) is 18.7 Å². The van der Waals surface area contributed by atoms with Gasteiger partial charge in [0.2, 0.25) is 6.79 Å². The molecule has 8 nitrogen and oxygen atoms in total. The molecule has 0 fully saturated rings. The average molecular weight is 467 g/mol.